The van der Waals surface area contributed by atoms with Crippen molar-refractivity contribution >= 4 is 41.2 Å². The highest BCUT2D eigenvalue weighted by molar-refractivity contribution is 9.26. The van der Waals surface area contributed by atoms with Gasteiger partial charge in [-0.3, -0.25) is 0 Å². The first-order chi connectivity index (χ1) is 7.50. The van der Waals surface area contributed by atoms with Gasteiger partial charge in [-0.05, 0) is 44.3 Å². The fourth-order valence-electron chi connectivity index (χ4n) is 1.30. The zero-order valence-corrected chi connectivity index (χ0v) is 12.2. The Balaban J connectivity index is 2.16. The van der Waals surface area contributed by atoms with Gasteiger partial charge in [0, 0.05) is 5.75 Å². The molecule has 0 nitrogen and oxygen atoms in total. The van der Waals surface area contributed by atoms with E-state index >= 15 is 0 Å². The normalized spacial score (nSPS) is 21.9. The Hall–Kier alpha value is 0.880. The third-order valence-corrected chi connectivity index (χ3v) is 8.15. The predicted octanol–water partition coefficient (Wildman–Crippen LogP) is 6.09. The lowest BCUT2D eigenvalue weighted by Crippen LogP contribution is -1.80. The number of hydrogen-bond acceptors (Lipinski definition) is 4. The highest BCUT2D eigenvalue weighted by atomic mass is 33.7. The SMILES string of the molecule is C1=CCCCCCCCSSSSC=C1. The van der Waals surface area contributed by atoms with Crippen molar-refractivity contribution in [2.45, 2.75) is 38.5 Å². The third-order valence-electron chi connectivity index (χ3n) is 2.09. The van der Waals surface area contributed by atoms with E-state index in [2.05, 4.69) is 23.6 Å². The monoisotopic (exact) mass is 278 g/mol. The smallest absolute Gasteiger partial charge is 0.00454 e. The lowest BCUT2D eigenvalue weighted by molar-refractivity contribution is 0.640. The molecule has 15 heavy (non-hydrogen) atoms. The Labute approximate surface area is 109 Å². The molecule has 0 aromatic heterocycles. The molecule has 0 aromatic carbocycles. The summed E-state index contributed by atoms with van der Waals surface area (Å²) in [4.78, 5) is 0. The minimum absolute atomic E-state index is 1.24. The summed E-state index contributed by atoms with van der Waals surface area (Å²) >= 11 is 0. The molecule has 0 spiro atoms. The summed E-state index contributed by atoms with van der Waals surface area (Å²) < 4.78 is 0. The van der Waals surface area contributed by atoms with Crippen LogP contribution in [0.3, 0.4) is 0 Å². The molecular formula is C11H18S4. The lowest BCUT2D eigenvalue weighted by Gasteiger charge is -1.99. The standard InChI is InChI=1S/C11H18S4/c1-2-4-6-8-10-12-14-15-13-11-9-7-5-3-1/h4,6,8,10H,1-3,5,7,9,11H2. The van der Waals surface area contributed by atoms with E-state index in [1.807, 2.05) is 41.2 Å². The molecular weight excluding hydrogens is 260 g/mol. The van der Waals surface area contributed by atoms with Gasteiger partial charge in [-0.25, -0.2) is 0 Å². The summed E-state index contributed by atoms with van der Waals surface area (Å²) in [7, 11) is 7.57. The molecule has 1 aliphatic heterocycles. The summed E-state index contributed by atoms with van der Waals surface area (Å²) in [6.45, 7) is 0. The molecule has 0 aromatic rings. The number of allylic oxidation sites excluding steroid dienone is 3. The van der Waals surface area contributed by atoms with Gasteiger partial charge in [0.15, 0.2) is 0 Å². The molecule has 0 saturated heterocycles. The van der Waals surface area contributed by atoms with Crippen LogP contribution in [0.1, 0.15) is 38.5 Å². The van der Waals surface area contributed by atoms with E-state index in [1.54, 1.807) is 0 Å². The molecule has 0 unspecified atom stereocenters. The molecule has 0 atom stereocenters. The molecule has 0 bridgehead atoms. The highest BCUT2D eigenvalue weighted by Crippen LogP contribution is 2.43. The van der Waals surface area contributed by atoms with Crippen molar-refractivity contribution in [2.24, 2.45) is 0 Å². The van der Waals surface area contributed by atoms with Gasteiger partial charge in [-0.1, -0.05) is 59.1 Å². The van der Waals surface area contributed by atoms with E-state index in [4.69, 9.17) is 0 Å². The quantitative estimate of drug-likeness (QED) is 0.492. The van der Waals surface area contributed by atoms with E-state index < -0.39 is 0 Å². The largest absolute Gasteiger partial charge is 0.0845 e. The van der Waals surface area contributed by atoms with Crippen LogP contribution in [0.4, 0.5) is 0 Å². The second-order valence-corrected chi connectivity index (χ2v) is 9.30. The zero-order chi connectivity index (χ0) is 10.6. The Morgan fingerprint density at radius 3 is 2.67 bits per heavy atom. The lowest BCUT2D eigenvalue weighted by atomic mass is 10.1. The zero-order valence-electron chi connectivity index (χ0n) is 8.89. The molecule has 86 valence electrons. The average molecular weight is 279 g/mol. The summed E-state index contributed by atoms with van der Waals surface area (Å²) in [5.74, 6) is 1.31. The van der Waals surface area contributed by atoms with Gasteiger partial charge in [-0.2, -0.15) is 0 Å². The van der Waals surface area contributed by atoms with Crippen molar-refractivity contribution in [3.63, 3.8) is 0 Å². The fourth-order valence-corrected chi connectivity index (χ4v) is 6.65. The maximum Gasteiger partial charge on any atom is 0.00454 e. The molecule has 1 rings (SSSR count). The maximum absolute atomic E-state index is 2.28. The van der Waals surface area contributed by atoms with Crippen LogP contribution in [0, 0.1) is 0 Å². The van der Waals surface area contributed by atoms with E-state index in [-0.39, 0.29) is 0 Å². The van der Waals surface area contributed by atoms with Gasteiger partial charge in [0.2, 0.25) is 0 Å². The first-order valence-electron chi connectivity index (χ1n) is 5.43. The van der Waals surface area contributed by atoms with Crippen LogP contribution in [0.5, 0.6) is 0 Å². The van der Waals surface area contributed by atoms with Gasteiger partial charge in [-0.15, -0.1) is 0 Å². The molecule has 0 radical (unpaired) electrons. The Bertz CT molecular complexity index is 169. The predicted molar refractivity (Wildman–Crippen MR) is 81.2 cm³/mol. The van der Waals surface area contributed by atoms with E-state index in [0.717, 1.165) is 0 Å². The second-order valence-electron chi connectivity index (χ2n) is 3.37. The van der Waals surface area contributed by atoms with Crippen molar-refractivity contribution in [1.82, 2.24) is 0 Å². The van der Waals surface area contributed by atoms with Gasteiger partial charge in [0.05, 0.1) is 0 Å². The molecule has 4 heteroatoms. The Morgan fingerprint density at radius 2 is 1.67 bits per heavy atom. The first kappa shape index (κ1) is 13.9. The van der Waals surface area contributed by atoms with Crippen molar-refractivity contribution < 1.29 is 0 Å². The maximum atomic E-state index is 2.28. The second kappa shape index (κ2) is 11.4. The summed E-state index contributed by atoms with van der Waals surface area (Å²) in [6, 6.07) is 0. The molecule has 1 aliphatic rings. The minimum Gasteiger partial charge on any atom is -0.0845 e. The van der Waals surface area contributed by atoms with Gasteiger partial charge < -0.3 is 0 Å². The minimum atomic E-state index is 1.24. The van der Waals surface area contributed by atoms with Crippen LogP contribution < -0.4 is 0 Å². The molecule has 0 fully saturated rings. The van der Waals surface area contributed by atoms with Crippen molar-refractivity contribution in [3.8, 4) is 0 Å². The van der Waals surface area contributed by atoms with E-state index in [9.17, 15) is 0 Å². The van der Waals surface area contributed by atoms with Crippen LogP contribution in [0.25, 0.3) is 0 Å². The van der Waals surface area contributed by atoms with Crippen molar-refractivity contribution in [1.29, 1.82) is 0 Å². The van der Waals surface area contributed by atoms with Gasteiger partial charge in [0.1, 0.15) is 0 Å². The van der Waals surface area contributed by atoms with Crippen LogP contribution in [-0.4, -0.2) is 5.75 Å². The van der Waals surface area contributed by atoms with Crippen LogP contribution in [0.2, 0.25) is 0 Å². The molecule has 0 N–H and O–H groups in total. The van der Waals surface area contributed by atoms with E-state index in [0.29, 0.717) is 0 Å². The number of rotatable bonds is 0. The van der Waals surface area contributed by atoms with Gasteiger partial charge >= 0.3 is 0 Å². The topological polar surface area (TPSA) is 0 Å². The van der Waals surface area contributed by atoms with Crippen LogP contribution in [-0.2, 0) is 0 Å². The third kappa shape index (κ3) is 9.79. The van der Waals surface area contributed by atoms with Crippen molar-refractivity contribution in [2.75, 3.05) is 5.75 Å². The Morgan fingerprint density at radius 1 is 0.800 bits per heavy atom. The molecule has 0 saturated carbocycles. The van der Waals surface area contributed by atoms with E-state index in [1.165, 1.54) is 44.3 Å². The summed E-state index contributed by atoms with van der Waals surface area (Å²) in [5.41, 5.74) is 0. The van der Waals surface area contributed by atoms with Crippen LogP contribution >= 0.6 is 41.2 Å². The molecule has 0 amide bonds. The van der Waals surface area contributed by atoms with Gasteiger partial charge in [0.25, 0.3) is 0 Å². The summed E-state index contributed by atoms with van der Waals surface area (Å²) in [6.07, 6.45) is 14.8. The van der Waals surface area contributed by atoms with Crippen molar-refractivity contribution in [3.05, 3.63) is 23.6 Å². The highest BCUT2D eigenvalue weighted by Gasteiger charge is 1.93. The first-order valence-corrected chi connectivity index (χ1v) is 10.5. The summed E-state index contributed by atoms with van der Waals surface area (Å²) in [5, 5.41) is 2.16. The number of hydrogen-bond donors (Lipinski definition) is 0. The fraction of sp³-hybridized carbons (Fsp3) is 0.636. The van der Waals surface area contributed by atoms with Crippen LogP contribution in [0.15, 0.2) is 23.6 Å². The molecule has 1 heterocycles. The average Bonchev–Trinajstić information content (AvgIpc) is 2.27. The molecule has 0 aliphatic carbocycles. The Kier molecular flexibility index (Phi) is 10.6.